The molecule has 0 unspecified atom stereocenters. The Balaban J connectivity index is 0.00000400. The maximum Gasteiger partial charge on any atom is 0.191 e. The van der Waals surface area contributed by atoms with Crippen molar-refractivity contribution >= 4 is 41.7 Å². The molecule has 21 heavy (non-hydrogen) atoms. The molecule has 0 amide bonds. The van der Waals surface area contributed by atoms with E-state index < -0.39 is 0 Å². The fraction of sp³-hybridized carbons (Fsp3) is 0.438. The van der Waals surface area contributed by atoms with E-state index in [9.17, 15) is 0 Å². The van der Waals surface area contributed by atoms with Gasteiger partial charge in [-0.1, -0.05) is 29.8 Å². The predicted octanol–water partition coefficient (Wildman–Crippen LogP) is 3.51. The number of hydrogen-bond donors (Lipinski definition) is 2. The molecular weight excluding hydrogens is 393 g/mol. The molecule has 1 aromatic rings. The molecule has 0 aliphatic carbocycles. The quantitative estimate of drug-likeness (QED) is 0.234. The second-order valence-electron chi connectivity index (χ2n) is 4.65. The van der Waals surface area contributed by atoms with Crippen LogP contribution in [0.15, 0.2) is 35.8 Å². The number of nitrogens with zero attached hydrogens (tertiary/aromatic N) is 1. The molecule has 0 saturated carbocycles. The Morgan fingerprint density at radius 3 is 2.71 bits per heavy atom. The van der Waals surface area contributed by atoms with Gasteiger partial charge in [-0.25, -0.2) is 0 Å². The number of nitrogens with one attached hydrogen (secondary N) is 2. The van der Waals surface area contributed by atoms with Gasteiger partial charge in [-0.15, -0.1) is 30.6 Å². The predicted molar refractivity (Wildman–Crippen MR) is 107 cm³/mol. The Kier molecular flexibility index (Phi) is 11.5. The van der Waals surface area contributed by atoms with Gasteiger partial charge in [-0.2, -0.15) is 11.8 Å². The standard InChI is InChI=1S/C16H25N3S.HI/c1-5-9-20-10-8-18-16(17-4)19-12-15-7-6-13(2)11-14(15)3;/h5-7,11H,1,8-10,12H2,2-4H3,(H2,17,18,19);1H. The highest BCUT2D eigenvalue weighted by atomic mass is 127. The monoisotopic (exact) mass is 419 g/mol. The molecule has 0 spiro atoms. The number of halogens is 1. The van der Waals surface area contributed by atoms with E-state index in [1.807, 2.05) is 17.8 Å². The molecule has 0 fully saturated rings. The first kappa shape index (κ1) is 20.3. The summed E-state index contributed by atoms with van der Waals surface area (Å²) >= 11 is 1.86. The van der Waals surface area contributed by atoms with Crippen LogP contribution in [0, 0.1) is 13.8 Å². The molecule has 0 saturated heterocycles. The van der Waals surface area contributed by atoms with E-state index in [1.165, 1.54) is 16.7 Å². The smallest absolute Gasteiger partial charge is 0.191 e. The van der Waals surface area contributed by atoms with Crippen LogP contribution >= 0.6 is 35.7 Å². The van der Waals surface area contributed by atoms with Crippen LogP contribution in [0.2, 0.25) is 0 Å². The number of hydrogen-bond acceptors (Lipinski definition) is 2. The molecule has 5 heteroatoms. The largest absolute Gasteiger partial charge is 0.356 e. The van der Waals surface area contributed by atoms with Gasteiger partial charge >= 0.3 is 0 Å². The summed E-state index contributed by atoms with van der Waals surface area (Å²) in [5.74, 6) is 2.90. The summed E-state index contributed by atoms with van der Waals surface area (Å²) in [5, 5.41) is 6.66. The Morgan fingerprint density at radius 1 is 1.33 bits per heavy atom. The highest BCUT2D eigenvalue weighted by molar-refractivity contribution is 14.0. The number of aliphatic imine (C=N–C) groups is 1. The van der Waals surface area contributed by atoms with E-state index in [2.05, 4.69) is 54.3 Å². The van der Waals surface area contributed by atoms with Crippen LogP contribution in [-0.4, -0.2) is 31.1 Å². The number of guanidine groups is 1. The first-order chi connectivity index (χ1) is 9.67. The summed E-state index contributed by atoms with van der Waals surface area (Å²) in [6.45, 7) is 9.68. The van der Waals surface area contributed by atoms with Crippen molar-refractivity contribution in [2.24, 2.45) is 4.99 Å². The highest BCUT2D eigenvalue weighted by Crippen LogP contribution is 2.09. The minimum Gasteiger partial charge on any atom is -0.356 e. The van der Waals surface area contributed by atoms with Crippen LogP contribution in [0.25, 0.3) is 0 Å². The summed E-state index contributed by atoms with van der Waals surface area (Å²) in [5.41, 5.74) is 3.92. The Morgan fingerprint density at radius 2 is 2.10 bits per heavy atom. The zero-order valence-corrected chi connectivity index (χ0v) is 16.3. The van der Waals surface area contributed by atoms with Gasteiger partial charge in [-0.3, -0.25) is 4.99 Å². The fourth-order valence-electron chi connectivity index (χ4n) is 1.85. The van der Waals surface area contributed by atoms with Gasteiger partial charge in [0, 0.05) is 31.6 Å². The maximum absolute atomic E-state index is 4.23. The van der Waals surface area contributed by atoms with E-state index in [4.69, 9.17) is 0 Å². The second-order valence-corrected chi connectivity index (χ2v) is 5.80. The van der Waals surface area contributed by atoms with Crippen molar-refractivity contribution < 1.29 is 0 Å². The number of benzene rings is 1. The van der Waals surface area contributed by atoms with E-state index in [0.717, 1.165) is 30.6 Å². The lowest BCUT2D eigenvalue weighted by Crippen LogP contribution is -2.38. The SMILES string of the molecule is C=CCSCCNC(=NC)NCc1ccc(C)cc1C.I. The lowest BCUT2D eigenvalue weighted by Gasteiger charge is -2.13. The van der Waals surface area contributed by atoms with Crippen molar-refractivity contribution in [3.05, 3.63) is 47.5 Å². The summed E-state index contributed by atoms with van der Waals surface area (Å²) in [6, 6.07) is 6.52. The normalized spacial score (nSPS) is 10.7. The third-order valence-electron chi connectivity index (χ3n) is 2.94. The zero-order chi connectivity index (χ0) is 14.8. The second kappa shape index (κ2) is 11.9. The molecule has 118 valence electrons. The first-order valence-corrected chi connectivity index (χ1v) is 8.02. The summed E-state index contributed by atoms with van der Waals surface area (Å²) in [6.07, 6.45) is 1.93. The summed E-state index contributed by atoms with van der Waals surface area (Å²) in [4.78, 5) is 4.23. The summed E-state index contributed by atoms with van der Waals surface area (Å²) in [7, 11) is 1.80. The molecule has 3 nitrogen and oxygen atoms in total. The van der Waals surface area contributed by atoms with E-state index in [-0.39, 0.29) is 24.0 Å². The lowest BCUT2D eigenvalue weighted by molar-refractivity contribution is 0.828. The molecule has 0 bridgehead atoms. The molecule has 0 radical (unpaired) electrons. The fourth-order valence-corrected chi connectivity index (χ4v) is 2.43. The topological polar surface area (TPSA) is 36.4 Å². The molecule has 2 N–H and O–H groups in total. The van der Waals surface area contributed by atoms with E-state index in [1.54, 1.807) is 7.05 Å². The molecule has 0 heterocycles. The van der Waals surface area contributed by atoms with Crippen molar-refractivity contribution in [3.8, 4) is 0 Å². The Hall–Kier alpha value is -0.690. The molecule has 0 aromatic heterocycles. The van der Waals surface area contributed by atoms with Crippen molar-refractivity contribution in [2.45, 2.75) is 20.4 Å². The Labute approximate surface area is 150 Å². The van der Waals surface area contributed by atoms with Gasteiger partial charge in [0.2, 0.25) is 0 Å². The van der Waals surface area contributed by atoms with Gasteiger partial charge in [0.25, 0.3) is 0 Å². The van der Waals surface area contributed by atoms with Crippen molar-refractivity contribution in [2.75, 3.05) is 25.1 Å². The van der Waals surface area contributed by atoms with Crippen LogP contribution < -0.4 is 10.6 Å². The number of rotatable bonds is 7. The van der Waals surface area contributed by atoms with Crippen molar-refractivity contribution in [3.63, 3.8) is 0 Å². The minimum absolute atomic E-state index is 0. The minimum atomic E-state index is 0. The number of thioether (sulfide) groups is 1. The third-order valence-corrected chi connectivity index (χ3v) is 3.91. The maximum atomic E-state index is 4.23. The van der Waals surface area contributed by atoms with Gasteiger partial charge in [0.05, 0.1) is 0 Å². The molecule has 0 aliphatic heterocycles. The molecular formula is C16H26IN3S. The average Bonchev–Trinajstić information content (AvgIpc) is 2.43. The summed E-state index contributed by atoms with van der Waals surface area (Å²) < 4.78 is 0. The third kappa shape index (κ3) is 8.36. The highest BCUT2D eigenvalue weighted by Gasteiger charge is 2.01. The van der Waals surface area contributed by atoms with Crippen LogP contribution in [0.1, 0.15) is 16.7 Å². The van der Waals surface area contributed by atoms with E-state index >= 15 is 0 Å². The van der Waals surface area contributed by atoms with Gasteiger partial charge < -0.3 is 10.6 Å². The first-order valence-electron chi connectivity index (χ1n) is 6.86. The van der Waals surface area contributed by atoms with Crippen molar-refractivity contribution in [1.82, 2.24) is 10.6 Å². The van der Waals surface area contributed by atoms with Crippen LogP contribution in [0.3, 0.4) is 0 Å². The van der Waals surface area contributed by atoms with Crippen LogP contribution in [0.4, 0.5) is 0 Å². The van der Waals surface area contributed by atoms with Crippen LogP contribution in [0.5, 0.6) is 0 Å². The molecule has 1 aromatic carbocycles. The van der Waals surface area contributed by atoms with Crippen LogP contribution in [-0.2, 0) is 6.54 Å². The van der Waals surface area contributed by atoms with Gasteiger partial charge in [0.15, 0.2) is 5.96 Å². The van der Waals surface area contributed by atoms with Crippen molar-refractivity contribution in [1.29, 1.82) is 0 Å². The molecule has 0 atom stereocenters. The average molecular weight is 419 g/mol. The molecule has 0 aliphatic rings. The lowest BCUT2D eigenvalue weighted by atomic mass is 10.1. The zero-order valence-electron chi connectivity index (χ0n) is 13.1. The molecule has 1 rings (SSSR count). The van der Waals surface area contributed by atoms with E-state index in [0.29, 0.717) is 0 Å². The van der Waals surface area contributed by atoms with Gasteiger partial charge in [0.1, 0.15) is 0 Å². The number of aryl methyl sites for hydroxylation is 2. The Bertz CT molecular complexity index is 461. The van der Waals surface area contributed by atoms with Gasteiger partial charge in [-0.05, 0) is 25.0 Å².